The van der Waals surface area contributed by atoms with Gasteiger partial charge in [-0.25, -0.2) is 9.59 Å². The highest BCUT2D eigenvalue weighted by atomic mass is 35.5. The Morgan fingerprint density at radius 2 is 1.31 bits per heavy atom. The summed E-state index contributed by atoms with van der Waals surface area (Å²) in [6.07, 6.45) is -1.18. The molecule has 7 aromatic carbocycles. The first-order valence-electron chi connectivity index (χ1n) is 29.6. The van der Waals surface area contributed by atoms with Crippen LogP contribution in [0.15, 0.2) is 115 Å². The van der Waals surface area contributed by atoms with Crippen LogP contribution < -0.4 is 26.6 Å². The molecule has 0 aliphatic carbocycles. The van der Waals surface area contributed by atoms with Crippen molar-refractivity contribution in [1.82, 2.24) is 36.1 Å². The van der Waals surface area contributed by atoms with E-state index in [0.29, 0.717) is 11.0 Å². The van der Waals surface area contributed by atoms with E-state index in [1.54, 1.807) is 20.8 Å². The third-order valence-electron chi connectivity index (χ3n) is 15.8. The van der Waals surface area contributed by atoms with Crippen molar-refractivity contribution < 1.29 is 92.6 Å². The molecule has 6 bridgehead atoms. The lowest BCUT2D eigenvalue weighted by Crippen LogP contribution is -2.55. The molecule has 0 spiro atoms. The van der Waals surface area contributed by atoms with Crippen molar-refractivity contribution in [3.63, 3.8) is 0 Å². The molecule has 11 N–H and O–H groups in total. The smallest absolute Gasteiger partial charge is 0.419 e. The molecule has 101 heavy (non-hydrogen) atoms. The summed E-state index contributed by atoms with van der Waals surface area (Å²) >= 11 is 38.1. The van der Waals surface area contributed by atoms with Crippen LogP contribution in [-0.4, -0.2) is 130 Å². The van der Waals surface area contributed by atoms with E-state index in [2.05, 4.69) is 26.6 Å². The summed E-state index contributed by atoms with van der Waals surface area (Å²) in [5.41, 5.74) is -4.37. The number of Topliss-reactive ketones (excluding diaryl/α,β-unsaturated/α-hetero) is 1. The van der Waals surface area contributed by atoms with Crippen LogP contribution >= 0.6 is 69.6 Å². The largest absolute Gasteiger partial charge is 0.508 e. The van der Waals surface area contributed by atoms with Crippen molar-refractivity contribution in [3.8, 4) is 45.6 Å². The van der Waals surface area contributed by atoms with E-state index in [1.807, 2.05) is 0 Å². The Balaban J connectivity index is 1.23. The number of nitrogens with zero attached hydrogens (tertiary/aromatic N) is 3. The van der Waals surface area contributed by atoms with Crippen LogP contribution in [0.25, 0.3) is 22.0 Å². The molecule has 2 aliphatic rings. The summed E-state index contributed by atoms with van der Waals surface area (Å²) in [5, 5.41) is 86.8. The monoisotopic (exact) mass is 1500 g/mol. The molecule has 526 valence electrons. The molecule has 6 atom stereocenters. The van der Waals surface area contributed by atoms with Gasteiger partial charge in [0.2, 0.25) is 41.1 Å². The van der Waals surface area contributed by atoms with Crippen molar-refractivity contribution in [2.24, 2.45) is 0 Å². The number of benzene rings is 7. The minimum absolute atomic E-state index is 0.0191. The number of aromatic hydroxyl groups is 6. The van der Waals surface area contributed by atoms with Gasteiger partial charge in [-0.3, -0.25) is 48.2 Å². The maximum absolute atomic E-state index is 15.9. The van der Waals surface area contributed by atoms with Gasteiger partial charge in [0.25, 0.3) is 5.91 Å². The summed E-state index contributed by atoms with van der Waals surface area (Å²) in [5.74, 6) is -16.2. The highest BCUT2D eigenvalue weighted by Gasteiger charge is 2.41. The molecule has 0 unspecified atom stereocenters. The number of hydrogen-bond donors (Lipinski definition) is 11. The van der Waals surface area contributed by atoms with Gasteiger partial charge in [0.1, 0.15) is 41.6 Å². The number of nitro groups is 1. The molecule has 10 rings (SSSR count). The standard InChI is InChI=1S/C67H55Cl6FN8O19/c1-67(2,3)101-66(97)81-26-34-23-45(75-63(94)54(85)33-21-42(72)58(89)43(73)22-33)59(90)76-51(31-17-38(68)56(87)39(69)18-31)61(92)77-50(30-16-37(55(86)49(84)25-30)29-9-12-36(34)46(81)24-29)62(93)78-52(32-19-40(70)57(88)41(71)20-32)64(95)80(4)48(15-27-6-13-44(74)47(14-27)82(98)99)60(91)79-53(65(96)100-5)28-7-10-35(83)11-8-28/h6-14,16-22,24-26,45,48,50-53,83-84,86-89H,15,23H2,1-5H3,(H,75,94)(H,76,90)(H,77,92)(H,78,93)(H,79,91)/t45-,48+,50-,51-,52-,53-/m1/s1. The lowest BCUT2D eigenvalue weighted by atomic mass is 9.94. The Morgan fingerprint density at radius 3 is 1.89 bits per heavy atom. The normalized spacial score (nSPS) is 15.5. The molecule has 0 saturated carbocycles. The Morgan fingerprint density at radius 1 is 0.713 bits per heavy atom. The minimum Gasteiger partial charge on any atom is -0.508 e. The second kappa shape index (κ2) is 30.1. The molecule has 0 saturated heterocycles. The highest BCUT2D eigenvalue weighted by molar-refractivity contribution is 6.45. The van der Waals surface area contributed by atoms with Crippen LogP contribution in [0.5, 0.6) is 34.5 Å². The summed E-state index contributed by atoms with van der Waals surface area (Å²) in [6, 6.07) is 6.61. The Bertz CT molecular complexity index is 4710. The number of hydrogen-bond acceptors (Lipinski definition) is 19. The zero-order valence-electron chi connectivity index (χ0n) is 52.8. The number of nitrogens with one attached hydrogen (secondary N) is 5. The van der Waals surface area contributed by atoms with Gasteiger partial charge in [-0.1, -0.05) is 99.9 Å². The number of carbonyl (C=O) groups excluding carboxylic acids is 9. The third-order valence-corrected chi connectivity index (χ3v) is 17.6. The quantitative estimate of drug-likeness (QED) is 0.0107. The van der Waals surface area contributed by atoms with Gasteiger partial charge >= 0.3 is 17.7 Å². The molecule has 2 aliphatic heterocycles. The number of aromatic nitrogens is 1. The van der Waals surface area contributed by atoms with E-state index >= 15 is 19.2 Å². The molecular formula is C67H55Cl6FN8O19. The van der Waals surface area contributed by atoms with Gasteiger partial charge in [0.05, 0.1) is 47.7 Å². The van der Waals surface area contributed by atoms with E-state index < -0.39 is 200 Å². The second-order valence-corrected chi connectivity index (χ2v) is 26.2. The molecule has 6 amide bonds. The first-order chi connectivity index (χ1) is 47.4. The number of amides is 6. The predicted octanol–water partition coefficient (Wildman–Crippen LogP) is 10.2. The summed E-state index contributed by atoms with van der Waals surface area (Å²) in [7, 11) is 1.99. The van der Waals surface area contributed by atoms with Crippen LogP contribution in [0.4, 0.5) is 14.9 Å². The fraction of sp³-hybridized carbons (Fsp3) is 0.209. The molecule has 34 heteroatoms. The molecule has 8 aromatic rings. The van der Waals surface area contributed by atoms with E-state index in [-0.39, 0.29) is 50.0 Å². The van der Waals surface area contributed by atoms with E-state index in [9.17, 15) is 69.1 Å². The zero-order valence-corrected chi connectivity index (χ0v) is 57.4. The zero-order chi connectivity index (χ0) is 74.1. The lowest BCUT2D eigenvalue weighted by molar-refractivity contribution is -0.387. The number of phenols is 6. The van der Waals surface area contributed by atoms with E-state index in [1.165, 1.54) is 48.7 Å². The van der Waals surface area contributed by atoms with Crippen molar-refractivity contribution in [2.45, 2.75) is 75.5 Å². The van der Waals surface area contributed by atoms with E-state index in [0.717, 1.165) is 79.4 Å². The van der Waals surface area contributed by atoms with Gasteiger partial charge in [0.15, 0.2) is 34.8 Å². The first kappa shape index (κ1) is 74.6. The van der Waals surface area contributed by atoms with Crippen molar-refractivity contribution in [1.29, 1.82) is 0 Å². The van der Waals surface area contributed by atoms with Crippen molar-refractivity contribution in [2.75, 3.05) is 14.2 Å². The number of halogens is 7. The van der Waals surface area contributed by atoms with Crippen LogP contribution in [-0.2, 0) is 55.9 Å². The average Bonchev–Trinajstić information content (AvgIpc) is 1.67. The number of esters is 1. The SMILES string of the molecule is COC(=O)[C@H](NC(=O)[C@H](Cc1ccc(F)c([N+](=O)[O-])c1)N(C)C(=O)[C@H](NC(=O)[C@@H]1NC(=O)[C@@H](c2cc(Cl)c(O)c(Cl)c2)NC(=O)[C@H](NC(=O)C(=O)c2cc(Cl)c(O)c(Cl)c2)Cc2cn(C(=O)OC(C)(C)C)c3cc(ccc23)-c2cc1cc(O)c2O)c1cc(Cl)c(O)c(Cl)c1)c1ccc(O)cc1. The fourth-order valence-electron chi connectivity index (χ4n) is 10.8. The molecule has 0 radical (unpaired) electrons. The summed E-state index contributed by atoms with van der Waals surface area (Å²) in [6.45, 7) is 4.68. The molecule has 3 heterocycles. The van der Waals surface area contributed by atoms with Gasteiger partial charge in [-0.05, 0) is 133 Å². The molecule has 27 nitrogen and oxygen atoms in total. The first-order valence-corrected chi connectivity index (χ1v) is 31.8. The molecule has 1 aromatic heterocycles. The van der Waals surface area contributed by atoms with Crippen LogP contribution in [0.3, 0.4) is 0 Å². The number of likely N-dealkylation sites (N-methyl/N-ethyl adjacent to an activating group) is 1. The van der Waals surface area contributed by atoms with Crippen molar-refractivity contribution in [3.05, 3.63) is 200 Å². The summed E-state index contributed by atoms with van der Waals surface area (Å²) in [4.78, 5) is 145. The predicted molar refractivity (Wildman–Crippen MR) is 364 cm³/mol. The summed E-state index contributed by atoms with van der Waals surface area (Å²) < 4.78 is 26.6. The van der Waals surface area contributed by atoms with Gasteiger partial charge in [-0.2, -0.15) is 4.39 Å². The Kier molecular flexibility index (Phi) is 22.2. The number of carbonyl (C=O) groups is 9. The average molecular weight is 1510 g/mol. The maximum Gasteiger partial charge on any atom is 0.419 e. The Labute approximate surface area is 600 Å². The fourth-order valence-corrected chi connectivity index (χ4v) is 12.3. The van der Waals surface area contributed by atoms with Crippen LogP contribution in [0.2, 0.25) is 30.1 Å². The number of phenolic OH excluding ortho intramolecular Hbond substituents is 6. The van der Waals surface area contributed by atoms with Crippen LogP contribution in [0, 0.1) is 15.9 Å². The minimum atomic E-state index is -2.32. The second-order valence-electron chi connectivity index (χ2n) is 23.8. The van der Waals surface area contributed by atoms with Crippen LogP contribution in [0.1, 0.15) is 88.7 Å². The number of methoxy groups -OCH3 is 1. The maximum atomic E-state index is 15.9. The van der Waals surface area contributed by atoms with E-state index in [4.69, 9.17) is 79.1 Å². The van der Waals surface area contributed by atoms with Gasteiger partial charge in [0, 0.05) is 48.7 Å². The third kappa shape index (κ3) is 16.3. The lowest BCUT2D eigenvalue weighted by Gasteiger charge is -2.33. The number of ether oxygens (including phenoxy) is 2. The van der Waals surface area contributed by atoms with Gasteiger partial charge < -0.3 is 71.6 Å². The van der Waals surface area contributed by atoms with Crippen molar-refractivity contribution >= 4 is 139 Å². The molecule has 0 fully saturated rings. The van der Waals surface area contributed by atoms with Gasteiger partial charge in [-0.15, -0.1) is 0 Å². The number of rotatable bonds is 16. The molecular weight excluding hydrogens is 1450 g/mol. The number of fused-ring (bicyclic) bond motifs is 8. The Hall–Kier alpha value is -10.6. The number of ketones is 1. The topological polar surface area (TPSA) is 405 Å². The highest BCUT2D eigenvalue weighted by Crippen LogP contribution is 2.43. The number of nitro benzene ring substituents is 1.